The van der Waals surface area contributed by atoms with Crippen LogP contribution < -0.4 is 11.1 Å². The first-order valence-electron chi connectivity index (χ1n) is 5.86. The number of nitro groups is 1. The van der Waals surface area contributed by atoms with Gasteiger partial charge < -0.3 is 11.1 Å². The Hall–Kier alpha value is -2.02. The van der Waals surface area contributed by atoms with Crippen molar-refractivity contribution >= 4 is 11.6 Å². The number of aryl methyl sites for hydroxylation is 1. The topological polar surface area (TPSA) is 98.3 Å². The highest BCUT2D eigenvalue weighted by Gasteiger charge is 2.20. The highest BCUT2D eigenvalue weighted by molar-refractivity contribution is 5.95. The predicted octanol–water partition coefficient (Wildman–Crippen LogP) is 1.51. The van der Waals surface area contributed by atoms with E-state index in [0.29, 0.717) is 6.42 Å². The van der Waals surface area contributed by atoms with Crippen LogP contribution in [0.3, 0.4) is 0 Å². The zero-order valence-electron chi connectivity index (χ0n) is 10.8. The lowest BCUT2D eigenvalue weighted by Crippen LogP contribution is -2.40. The summed E-state index contributed by atoms with van der Waals surface area (Å²) in [7, 11) is 0. The number of nitrogens with one attached hydrogen (secondary N) is 1. The maximum Gasteiger partial charge on any atom is 0.270 e. The quantitative estimate of drug-likeness (QED) is 0.625. The zero-order chi connectivity index (χ0) is 14.6. The van der Waals surface area contributed by atoms with Gasteiger partial charge in [0.15, 0.2) is 0 Å². The van der Waals surface area contributed by atoms with Crippen LogP contribution in [0.1, 0.15) is 29.3 Å². The number of hydrogen-bond donors (Lipinski definition) is 2. The molecule has 1 atom stereocenters. The first-order valence-corrected chi connectivity index (χ1v) is 5.86. The summed E-state index contributed by atoms with van der Waals surface area (Å²) in [6.45, 7) is 3.42. The molecule has 0 heterocycles. The summed E-state index contributed by atoms with van der Waals surface area (Å²) in [5.74, 6) is -1.45. The van der Waals surface area contributed by atoms with E-state index < -0.39 is 16.6 Å². The third-order valence-corrected chi connectivity index (χ3v) is 2.81. The molecule has 6 nitrogen and oxygen atoms in total. The molecular weight excluding hydrogens is 253 g/mol. The number of halogens is 1. The molecule has 7 heteroatoms. The molecule has 0 saturated carbocycles. The van der Waals surface area contributed by atoms with Crippen LogP contribution in [0.5, 0.6) is 0 Å². The van der Waals surface area contributed by atoms with Crippen LogP contribution in [-0.4, -0.2) is 23.4 Å². The number of benzene rings is 1. The standard InChI is InChI=1S/C12H16FN3O3/c1-3-8(6-14)15-12(17)10-5-9(16(18)19)4-7(2)11(10)13/h4-5,8H,3,6,14H2,1-2H3,(H,15,17). The molecule has 1 rings (SSSR count). The minimum Gasteiger partial charge on any atom is -0.348 e. The van der Waals surface area contributed by atoms with Gasteiger partial charge in [0.05, 0.1) is 10.5 Å². The number of carbonyl (C=O) groups excluding carboxylic acids is 1. The van der Waals surface area contributed by atoms with E-state index in [4.69, 9.17) is 5.73 Å². The highest BCUT2D eigenvalue weighted by Crippen LogP contribution is 2.21. The van der Waals surface area contributed by atoms with Crippen molar-refractivity contribution < 1.29 is 14.1 Å². The maximum atomic E-state index is 13.8. The normalized spacial score (nSPS) is 12.0. The molecule has 0 aliphatic heterocycles. The molecule has 0 aliphatic rings. The van der Waals surface area contributed by atoms with Gasteiger partial charge in [0.2, 0.25) is 0 Å². The van der Waals surface area contributed by atoms with Crippen molar-refractivity contribution in [1.82, 2.24) is 5.32 Å². The van der Waals surface area contributed by atoms with Crippen molar-refractivity contribution in [3.8, 4) is 0 Å². The van der Waals surface area contributed by atoms with Gasteiger partial charge in [-0.2, -0.15) is 0 Å². The Labute approximate surface area is 109 Å². The van der Waals surface area contributed by atoms with Gasteiger partial charge >= 0.3 is 0 Å². The Morgan fingerprint density at radius 1 is 1.58 bits per heavy atom. The molecule has 3 N–H and O–H groups in total. The number of carbonyl (C=O) groups is 1. The Morgan fingerprint density at radius 2 is 2.21 bits per heavy atom. The van der Waals surface area contributed by atoms with Gasteiger partial charge in [0, 0.05) is 24.7 Å². The molecule has 0 radical (unpaired) electrons. The number of nitrogens with zero attached hydrogens (tertiary/aromatic N) is 1. The van der Waals surface area contributed by atoms with Crippen molar-refractivity contribution in [2.45, 2.75) is 26.3 Å². The third-order valence-electron chi connectivity index (χ3n) is 2.81. The van der Waals surface area contributed by atoms with Gasteiger partial charge in [-0.1, -0.05) is 6.92 Å². The predicted molar refractivity (Wildman–Crippen MR) is 68.4 cm³/mol. The number of non-ortho nitro benzene ring substituents is 1. The van der Waals surface area contributed by atoms with Crippen molar-refractivity contribution in [3.63, 3.8) is 0 Å². The fourth-order valence-electron chi connectivity index (χ4n) is 1.61. The molecule has 0 aliphatic carbocycles. The summed E-state index contributed by atoms with van der Waals surface area (Å²) < 4.78 is 13.8. The Morgan fingerprint density at radius 3 is 2.68 bits per heavy atom. The van der Waals surface area contributed by atoms with E-state index in [2.05, 4.69) is 5.32 Å². The van der Waals surface area contributed by atoms with E-state index in [1.165, 1.54) is 6.92 Å². The van der Waals surface area contributed by atoms with Crippen LogP contribution in [-0.2, 0) is 0 Å². The van der Waals surface area contributed by atoms with E-state index in [1.807, 2.05) is 6.92 Å². The molecule has 0 aromatic heterocycles. The molecule has 1 amide bonds. The fourth-order valence-corrected chi connectivity index (χ4v) is 1.61. The molecule has 1 unspecified atom stereocenters. The van der Waals surface area contributed by atoms with Crippen molar-refractivity contribution in [2.75, 3.05) is 6.54 Å². The SMILES string of the molecule is CCC(CN)NC(=O)c1cc([N+](=O)[O-])cc(C)c1F. The van der Waals surface area contributed by atoms with Crippen LogP contribution in [0.25, 0.3) is 0 Å². The average molecular weight is 269 g/mol. The summed E-state index contributed by atoms with van der Waals surface area (Å²) in [5, 5.41) is 13.2. The first kappa shape index (κ1) is 15.0. The summed E-state index contributed by atoms with van der Waals surface area (Å²) in [5.41, 5.74) is 4.85. The van der Waals surface area contributed by atoms with Gasteiger partial charge in [-0.15, -0.1) is 0 Å². The van der Waals surface area contributed by atoms with Crippen LogP contribution >= 0.6 is 0 Å². The second-order valence-corrected chi connectivity index (χ2v) is 4.20. The van der Waals surface area contributed by atoms with Gasteiger partial charge in [-0.05, 0) is 18.9 Å². The lowest BCUT2D eigenvalue weighted by Gasteiger charge is -2.15. The lowest BCUT2D eigenvalue weighted by atomic mass is 10.1. The van der Waals surface area contributed by atoms with Crippen molar-refractivity contribution in [1.29, 1.82) is 0 Å². The lowest BCUT2D eigenvalue weighted by molar-refractivity contribution is -0.385. The van der Waals surface area contributed by atoms with Crippen LogP contribution in [0.15, 0.2) is 12.1 Å². The minimum absolute atomic E-state index is 0.0557. The summed E-state index contributed by atoms with van der Waals surface area (Å²) >= 11 is 0. The third kappa shape index (κ3) is 3.47. The van der Waals surface area contributed by atoms with E-state index in [9.17, 15) is 19.3 Å². The second kappa shape index (κ2) is 6.24. The first-order chi connectivity index (χ1) is 8.90. The highest BCUT2D eigenvalue weighted by atomic mass is 19.1. The number of rotatable bonds is 5. The molecule has 19 heavy (non-hydrogen) atoms. The minimum atomic E-state index is -0.755. The second-order valence-electron chi connectivity index (χ2n) is 4.20. The molecule has 1 aromatic rings. The van der Waals surface area contributed by atoms with Gasteiger partial charge in [0.1, 0.15) is 5.82 Å². The van der Waals surface area contributed by atoms with E-state index in [0.717, 1.165) is 12.1 Å². The zero-order valence-corrected chi connectivity index (χ0v) is 10.8. The largest absolute Gasteiger partial charge is 0.348 e. The van der Waals surface area contributed by atoms with Crippen LogP contribution in [0.2, 0.25) is 0 Å². The van der Waals surface area contributed by atoms with Gasteiger partial charge in [-0.3, -0.25) is 14.9 Å². The average Bonchev–Trinajstić information content (AvgIpc) is 2.38. The summed E-state index contributed by atoms with van der Waals surface area (Å²) in [6.07, 6.45) is 0.595. The fraction of sp³-hybridized carbons (Fsp3) is 0.417. The number of amides is 1. The molecule has 0 spiro atoms. The monoisotopic (exact) mass is 269 g/mol. The number of nitrogens with two attached hydrogens (primary N) is 1. The van der Waals surface area contributed by atoms with E-state index >= 15 is 0 Å². The van der Waals surface area contributed by atoms with Crippen molar-refractivity contribution in [2.24, 2.45) is 5.73 Å². The maximum absolute atomic E-state index is 13.8. The molecule has 0 saturated heterocycles. The van der Waals surface area contributed by atoms with Crippen molar-refractivity contribution in [3.05, 3.63) is 39.2 Å². The number of hydrogen-bond acceptors (Lipinski definition) is 4. The van der Waals surface area contributed by atoms with Crippen LogP contribution in [0.4, 0.5) is 10.1 Å². The molecular formula is C12H16FN3O3. The molecule has 1 aromatic carbocycles. The summed E-state index contributed by atoms with van der Waals surface area (Å²) in [6, 6.07) is 1.74. The Bertz CT molecular complexity index is 501. The smallest absolute Gasteiger partial charge is 0.270 e. The van der Waals surface area contributed by atoms with E-state index in [-0.39, 0.29) is 29.4 Å². The Balaban J connectivity index is 3.11. The Kier molecular flexibility index (Phi) is 4.94. The van der Waals surface area contributed by atoms with Gasteiger partial charge in [-0.25, -0.2) is 4.39 Å². The summed E-state index contributed by atoms with van der Waals surface area (Å²) in [4.78, 5) is 21.9. The van der Waals surface area contributed by atoms with E-state index in [1.54, 1.807) is 0 Å². The molecule has 0 fully saturated rings. The van der Waals surface area contributed by atoms with Crippen LogP contribution in [0, 0.1) is 22.9 Å². The molecule has 104 valence electrons. The number of nitro benzene ring substituents is 1. The van der Waals surface area contributed by atoms with Gasteiger partial charge in [0.25, 0.3) is 11.6 Å². The molecule has 0 bridgehead atoms.